The number of rotatable bonds is 8. The van der Waals surface area contributed by atoms with Crippen LogP contribution in [0.2, 0.25) is 0 Å². The quantitative estimate of drug-likeness (QED) is 0.396. The van der Waals surface area contributed by atoms with Crippen LogP contribution in [0.5, 0.6) is 5.75 Å². The summed E-state index contributed by atoms with van der Waals surface area (Å²) in [5.41, 5.74) is 8.76. The fourth-order valence-corrected chi connectivity index (χ4v) is 4.31. The third-order valence-corrected chi connectivity index (χ3v) is 6.14. The highest BCUT2D eigenvalue weighted by Gasteiger charge is 2.29. The molecule has 3 N–H and O–H groups in total. The number of aromatic nitrogens is 2. The molecule has 2 aromatic carbocycles. The van der Waals surface area contributed by atoms with Gasteiger partial charge in [0.25, 0.3) is 0 Å². The van der Waals surface area contributed by atoms with Crippen LogP contribution in [0.1, 0.15) is 37.8 Å². The molecule has 4 rings (SSSR count). The fraction of sp³-hybridized carbons (Fsp3) is 0.400. The van der Waals surface area contributed by atoms with Crippen LogP contribution in [0.15, 0.2) is 48.8 Å². The number of nitrogens with zero attached hydrogens (tertiary/aromatic N) is 3. The third-order valence-electron chi connectivity index (χ3n) is 6.14. The third kappa shape index (κ3) is 5.34. The van der Waals surface area contributed by atoms with Gasteiger partial charge in [-0.1, -0.05) is 36.8 Å². The van der Waals surface area contributed by atoms with Crippen molar-refractivity contribution in [2.24, 2.45) is 0 Å². The summed E-state index contributed by atoms with van der Waals surface area (Å²) >= 11 is 0. The molecule has 2 atom stereocenters. The molecule has 1 aliphatic rings. The van der Waals surface area contributed by atoms with Gasteiger partial charge in [-0.05, 0) is 37.9 Å². The van der Waals surface area contributed by atoms with Gasteiger partial charge in [-0.15, -0.1) is 0 Å². The summed E-state index contributed by atoms with van der Waals surface area (Å²) < 4.78 is 11.0. The largest absolute Gasteiger partial charge is 0.490 e. The van der Waals surface area contributed by atoms with E-state index in [1.165, 1.54) is 19.0 Å². The van der Waals surface area contributed by atoms with Crippen LogP contribution >= 0.6 is 0 Å². The van der Waals surface area contributed by atoms with Gasteiger partial charge in [0.05, 0.1) is 18.3 Å². The van der Waals surface area contributed by atoms with E-state index in [0.29, 0.717) is 24.6 Å². The first-order chi connectivity index (χ1) is 16.1. The normalized spacial score (nSPS) is 17.5. The van der Waals surface area contributed by atoms with Crippen molar-refractivity contribution in [3.8, 4) is 5.75 Å². The molecule has 0 amide bonds. The van der Waals surface area contributed by atoms with Crippen LogP contribution in [-0.4, -0.2) is 53.7 Å². The second kappa shape index (κ2) is 10.5. The van der Waals surface area contributed by atoms with Gasteiger partial charge in [0.2, 0.25) is 0 Å². The highest BCUT2D eigenvalue weighted by atomic mass is 16.5. The summed E-state index contributed by atoms with van der Waals surface area (Å²) in [6.45, 7) is 4.00. The molecule has 1 unspecified atom stereocenters. The average Bonchev–Trinajstić information content (AvgIpc) is 2.85. The number of fused-ring (bicyclic) bond motifs is 1. The molecular weight excluding hydrogens is 418 g/mol. The fourth-order valence-electron chi connectivity index (χ4n) is 4.31. The van der Waals surface area contributed by atoms with Crippen LogP contribution in [-0.2, 0) is 9.53 Å². The van der Waals surface area contributed by atoms with E-state index in [0.717, 1.165) is 42.5 Å². The molecule has 1 saturated heterocycles. The number of nitrogen functional groups attached to an aromatic ring is 1. The number of carbonyl (C=O) groups is 1. The van der Waals surface area contributed by atoms with Crippen molar-refractivity contribution in [1.29, 1.82) is 0 Å². The van der Waals surface area contributed by atoms with Crippen LogP contribution in [0.3, 0.4) is 0 Å². The van der Waals surface area contributed by atoms with E-state index >= 15 is 0 Å². The van der Waals surface area contributed by atoms with Gasteiger partial charge >= 0.3 is 5.97 Å². The Morgan fingerprint density at radius 1 is 1.24 bits per heavy atom. The molecule has 1 fully saturated rings. The molecule has 174 valence electrons. The molecule has 3 aromatic rings. The molecule has 0 radical (unpaired) electrons. The minimum absolute atomic E-state index is 0.0775. The van der Waals surface area contributed by atoms with Crippen LogP contribution < -0.4 is 15.8 Å². The standard InChI is InChI=1S/C25H31N5O3/c1-17(18-8-4-3-5-9-18)29-24-19-14-20(26)23(15-21(19)27-16-28-24)33-13-12-30-11-7-6-10-22(30)25(31)32-2/h3-5,8-9,14-17,22H,6-7,10-13,26H2,1-2H3,(H,27,28,29)/t17-,22?/m1/s1. The Morgan fingerprint density at radius 2 is 2.06 bits per heavy atom. The van der Waals surface area contributed by atoms with Gasteiger partial charge in [-0.2, -0.15) is 0 Å². The monoisotopic (exact) mass is 449 g/mol. The number of nitrogens with one attached hydrogen (secondary N) is 1. The van der Waals surface area contributed by atoms with Gasteiger partial charge in [0.1, 0.15) is 30.5 Å². The molecule has 0 bridgehead atoms. The van der Waals surface area contributed by atoms with E-state index in [1.807, 2.05) is 30.3 Å². The Bertz CT molecular complexity index is 1090. The second-order valence-electron chi connectivity index (χ2n) is 8.33. The maximum absolute atomic E-state index is 12.1. The van der Waals surface area contributed by atoms with Crippen molar-refractivity contribution in [2.75, 3.05) is 37.9 Å². The summed E-state index contributed by atoms with van der Waals surface area (Å²) in [7, 11) is 1.44. The second-order valence-corrected chi connectivity index (χ2v) is 8.33. The van der Waals surface area contributed by atoms with Gasteiger partial charge in [-0.25, -0.2) is 9.97 Å². The molecule has 0 aliphatic carbocycles. The Balaban J connectivity index is 1.45. The summed E-state index contributed by atoms with van der Waals surface area (Å²) in [6.07, 6.45) is 4.46. The topological polar surface area (TPSA) is 103 Å². The zero-order valence-corrected chi connectivity index (χ0v) is 19.2. The van der Waals surface area contributed by atoms with Crippen molar-refractivity contribution >= 4 is 28.4 Å². The SMILES string of the molecule is COC(=O)C1CCCCN1CCOc1cc2ncnc(N[C@H](C)c3ccccc3)c2cc1N. The van der Waals surface area contributed by atoms with Crippen molar-refractivity contribution in [3.05, 3.63) is 54.4 Å². The first-order valence-corrected chi connectivity index (χ1v) is 11.4. The number of piperidine rings is 1. The summed E-state index contributed by atoms with van der Waals surface area (Å²) in [5, 5.41) is 4.30. The van der Waals surface area contributed by atoms with Gasteiger partial charge in [-0.3, -0.25) is 9.69 Å². The molecule has 33 heavy (non-hydrogen) atoms. The minimum atomic E-state index is -0.200. The highest BCUT2D eigenvalue weighted by Crippen LogP contribution is 2.31. The lowest BCUT2D eigenvalue weighted by atomic mass is 10.0. The molecule has 8 nitrogen and oxygen atoms in total. The predicted octanol–water partition coefficient (Wildman–Crippen LogP) is 3.79. The Hall–Kier alpha value is -3.39. The van der Waals surface area contributed by atoms with Crippen molar-refractivity contribution in [1.82, 2.24) is 14.9 Å². The van der Waals surface area contributed by atoms with Crippen molar-refractivity contribution in [2.45, 2.75) is 38.3 Å². The zero-order valence-electron chi connectivity index (χ0n) is 19.2. The minimum Gasteiger partial charge on any atom is -0.490 e. The maximum Gasteiger partial charge on any atom is 0.323 e. The van der Waals surface area contributed by atoms with E-state index in [-0.39, 0.29) is 18.1 Å². The zero-order chi connectivity index (χ0) is 23.2. The van der Waals surface area contributed by atoms with Gasteiger partial charge in [0.15, 0.2) is 0 Å². The summed E-state index contributed by atoms with van der Waals surface area (Å²) in [5.74, 6) is 1.13. The molecule has 2 heterocycles. The van der Waals surface area contributed by atoms with E-state index in [2.05, 4.69) is 39.2 Å². The number of ether oxygens (including phenoxy) is 2. The first-order valence-electron chi connectivity index (χ1n) is 11.4. The molecule has 0 spiro atoms. The summed E-state index contributed by atoms with van der Waals surface area (Å²) in [4.78, 5) is 23.0. The molecule has 8 heteroatoms. The van der Waals surface area contributed by atoms with Crippen molar-refractivity contribution < 1.29 is 14.3 Å². The Labute approximate surface area is 194 Å². The number of benzene rings is 2. The molecular formula is C25H31N5O3. The molecule has 1 aliphatic heterocycles. The lowest BCUT2D eigenvalue weighted by Crippen LogP contribution is -2.46. The van der Waals surface area contributed by atoms with E-state index in [9.17, 15) is 4.79 Å². The van der Waals surface area contributed by atoms with Crippen LogP contribution in [0.4, 0.5) is 11.5 Å². The number of likely N-dealkylation sites (tertiary alicyclic amines) is 1. The lowest BCUT2D eigenvalue weighted by Gasteiger charge is -2.33. The number of methoxy groups -OCH3 is 1. The lowest BCUT2D eigenvalue weighted by molar-refractivity contribution is -0.148. The number of nitrogens with two attached hydrogens (primary N) is 1. The average molecular weight is 450 g/mol. The number of hydrogen-bond acceptors (Lipinski definition) is 8. The van der Waals surface area contributed by atoms with Gasteiger partial charge < -0.3 is 20.5 Å². The van der Waals surface area contributed by atoms with E-state index < -0.39 is 0 Å². The van der Waals surface area contributed by atoms with Crippen LogP contribution in [0, 0.1) is 0 Å². The van der Waals surface area contributed by atoms with E-state index in [1.54, 1.807) is 0 Å². The number of carbonyl (C=O) groups excluding carboxylic acids is 1. The number of esters is 1. The number of hydrogen-bond donors (Lipinski definition) is 2. The summed E-state index contributed by atoms with van der Waals surface area (Å²) in [6, 6.07) is 13.8. The van der Waals surface area contributed by atoms with E-state index in [4.69, 9.17) is 15.2 Å². The van der Waals surface area contributed by atoms with Crippen molar-refractivity contribution in [3.63, 3.8) is 0 Å². The van der Waals surface area contributed by atoms with Gasteiger partial charge in [0, 0.05) is 24.0 Å². The van der Waals surface area contributed by atoms with Crippen LogP contribution in [0.25, 0.3) is 10.9 Å². The first kappa shape index (κ1) is 22.8. The molecule has 0 saturated carbocycles. The Kier molecular flexibility index (Phi) is 7.24. The smallest absolute Gasteiger partial charge is 0.323 e. The maximum atomic E-state index is 12.1. The Morgan fingerprint density at radius 3 is 2.85 bits per heavy atom. The highest BCUT2D eigenvalue weighted by molar-refractivity contribution is 5.93. The predicted molar refractivity (Wildman–Crippen MR) is 129 cm³/mol. The number of anilines is 2. The molecule has 1 aromatic heterocycles.